The van der Waals surface area contributed by atoms with Gasteiger partial charge in [-0.25, -0.2) is 4.79 Å². The minimum atomic E-state index is -0.910. The monoisotopic (exact) mass is 373 g/mol. The molecule has 1 amide bonds. The number of rotatable bonds is 7. The highest BCUT2D eigenvalue weighted by Crippen LogP contribution is 2.26. The number of carbonyl (C=O) groups excluding carboxylic acids is 2. The van der Waals surface area contributed by atoms with Crippen LogP contribution in [-0.2, 0) is 9.53 Å². The van der Waals surface area contributed by atoms with Crippen LogP contribution in [0, 0.1) is 0 Å². The fraction of sp³-hybridized carbons (Fsp3) is 0.300. The van der Waals surface area contributed by atoms with Gasteiger partial charge in [0.15, 0.2) is 6.10 Å². The van der Waals surface area contributed by atoms with Gasteiger partial charge in [0, 0.05) is 17.1 Å². The summed E-state index contributed by atoms with van der Waals surface area (Å²) < 4.78 is 10.7. The van der Waals surface area contributed by atoms with Crippen molar-refractivity contribution in [1.29, 1.82) is 0 Å². The predicted octanol–water partition coefficient (Wildman–Crippen LogP) is 4.02. The van der Waals surface area contributed by atoms with Crippen molar-refractivity contribution in [3.63, 3.8) is 0 Å². The van der Waals surface area contributed by atoms with Crippen molar-refractivity contribution in [2.45, 2.75) is 24.8 Å². The number of benzene rings is 2. The molecule has 2 rings (SSSR count). The molecule has 1 atom stereocenters. The molecule has 26 heavy (non-hydrogen) atoms. The Morgan fingerprint density at radius 2 is 1.85 bits per heavy atom. The second-order valence-electron chi connectivity index (χ2n) is 5.53. The maximum absolute atomic E-state index is 12.7. The van der Waals surface area contributed by atoms with E-state index in [2.05, 4.69) is 0 Å². The number of esters is 1. The number of amides is 1. The Morgan fingerprint density at radius 1 is 1.15 bits per heavy atom. The van der Waals surface area contributed by atoms with Crippen molar-refractivity contribution in [2.75, 3.05) is 24.8 Å². The minimum absolute atomic E-state index is 0.272. The van der Waals surface area contributed by atoms with Gasteiger partial charge in [0.05, 0.1) is 7.11 Å². The number of methoxy groups -OCH3 is 1. The molecule has 2 aromatic rings. The van der Waals surface area contributed by atoms with E-state index in [-0.39, 0.29) is 5.91 Å². The van der Waals surface area contributed by atoms with E-state index in [4.69, 9.17) is 9.47 Å². The molecule has 138 valence electrons. The molecule has 0 saturated carbocycles. The van der Waals surface area contributed by atoms with Crippen LogP contribution in [0.15, 0.2) is 53.4 Å². The minimum Gasteiger partial charge on any atom is -0.496 e. The third-order valence-electron chi connectivity index (χ3n) is 3.91. The highest BCUT2D eigenvalue weighted by atomic mass is 32.2. The van der Waals surface area contributed by atoms with E-state index in [9.17, 15) is 9.59 Å². The van der Waals surface area contributed by atoms with E-state index in [1.54, 1.807) is 35.7 Å². The Labute approximate surface area is 158 Å². The topological polar surface area (TPSA) is 55.8 Å². The van der Waals surface area contributed by atoms with Crippen molar-refractivity contribution in [3.8, 4) is 5.75 Å². The Kier molecular flexibility index (Phi) is 7.09. The van der Waals surface area contributed by atoms with Gasteiger partial charge < -0.3 is 14.4 Å². The van der Waals surface area contributed by atoms with E-state index in [1.165, 1.54) is 7.11 Å². The summed E-state index contributed by atoms with van der Waals surface area (Å²) in [5, 5.41) is 0. The Balaban J connectivity index is 2.14. The van der Waals surface area contributed by atoms with Crippen LogP contribution in [0.3, 0.4) is 0 Å². The number of thioether (sulfide) groups is 1. The van der Waals surface area contributed by atoms with Gasteiger partial charge in [0.2, 0.25) is 0 Å². The molecule has 0 aromatic heterocycles. The van der Waals surface area contributed by atoms with Crippen molar-refractivity contribution >= 4 is 29.3 Å². The van der Waals surface area contributed by atoms with Gasteiger partial charge in [-0.3, -0.25) is 4.79 Å². The average Bonchev–Trinajstić information content (AvgIpc) is 2.68. The molecular weight excluding hydrogens is 350 g/mol. The third-order valence-corrected chi connectivity index (χ3v) is 4.64. The molecule has 0 N–H and O–H groups in total. The van der Waals surface area contributed by atoms with Crippen molar-refractivity contribution < 1.29 is 19.1 Å². The van der Waals surface area contributed by atoms with Crippen LogP contribution in [0.4, 0.5) is 5.69 Å². The summed E-state index contributed by atoms with van der Waals surface area (Å²) in [6.07, 6.45) is 1.03. The fourth-order valence-corrected chi connectivity index (χ4v) is 2.96. The largest absolute Gasteiger partial charge is 0.496 e. The molecule has 0 saturated heterocycles. The Morgan fingerprint density at radius 3 is 2.42 bits per heavy atom. The van der Waals surface area contributed by atoms with E-state index in [1.807, 2.05) is 49.6 Å². The fourth-order valence-electron chi connectivity index (χ4n) is 2.53. The molecule has 0 aliphatic heterocycles. The van der Waals surface area contributed by atoms with Gasteiger partial charge >= 0.3 is 5.97 Å². The predicted molar refractivity (Wildman–Crippen MR) is 104 cm³/mol. The van der Waals surface area contributed by atoms with E-state index in [0.717, 1.165) is 10.6 Å². The van der Waals surface area contributed by atoms with E-state index < -0.39 is 12.1 Å². The average molecular weight is 373 g/mol. The van der Waals surface area contributed by atoms with Crippen LogP contribution in [0.2, 0.25) is 0 Å². The Hall–Kier alpha value is -2.47. The molecular formula is C20H23NO4S. The number of carbonyl (C=O) groups is 2. The van der Waals surface area contributed by atoms with Gasteiger partial charge in [0.25, 0.3) is 5.91 Å². The normalized spacial score (nSPS) is 11.5. The van der Waals surface area contributed by atoms with Crippen molar-refractivity contribution in [2.24, 2.45) is 0 Å². The summed E-state index contributed by atoms with van der Waals surface area (Å²) >= 11 is 1.55. The SMILES string of the molecule is CCN(C(=O)[C@@H](C)OC(=O)c1ccc(SC)cc1OC)c1ccccc1. The van der Waals surface area contributed by atoms with Crippen LogP contribution >= 0.6 is 11.8 Å². The molecule has 0 radical (unpaired) electrons. The molecule has 0 bridgehead atoms. The van der Waals surface area contributed by atoms with Crippen LogP contribution in [0.5, 0.6) is 5.75 Å². The summed E-state index contributed by atoms with van der Waals surface area (Å²) in [6, 6.07) is 14.5. The molecule has 0 spiro atoms. The lowest BCUT2D eigenvalue weighted by Gasteiger charge is -2.24. The lowest BCUT2D eigenvalue weighted by Crippen LogP contribution is -2.40. The quantitative estimate of drug-likeness (QED) is 0.542. The van der Waals surface area contributed by atoms with Crippen LogP contribution in [0.1, 0.15) is 24.2 Å². The zero-order valence-electron chi connectivity index (χ0n) is 15.4. The first-order chi connectivity index (χ1) is 12.5. The smallest absolute Gasteiger partial charge is 0.342 e. The van der Waals surface area contributed by atoms with E-state index >= 15 is 0 Å². The maximum Gasteiger partial charge on any atom is 0.342 e. The number of nitrogens with zero attached hydrogens (tertiary/aromatic N) is 1. The summed E-state index contributed by atoms with van der Waals surface area (Å²) in [5.74, 6) is -0.428. The summed E-state index contributed by atoms with van der Waals surface area (Å²) in [5.41, 5.74) is 1.07. The van der Waals surface area contributed by atoms with Crippen LogP contribution in [-0.4, -0.2) is 37.9 Å². The Bertz CT molecular complexity index is 764. The summed E-state index contributed by atoms with van der Waals surface area (Å²) in [7, 11) is 1.50. The van der Waals surface area contributed by atoms with Gasteiger partial charge in [-0.05, 0) is 50.4 Å². The number of ether oxygens (including phenoxy) is 2. The summed E-state index contributed by atoms with van der Waals surface area (Å²) in [4.78, 5) is 27.8. The van der Waals surface area contributed by atoms with Crippen LogP contribution in [0.25, 0.3) is 0 Å². The summed E-state index contributed by atoms with van der Waals surface area (Å²) in [6.45, 7) is 3.94. The van der Waals surface area contributed by atoms with Crippen molar-refractivity contribution in [3.05, 3.63) is 54.1 Å². The first kappa shape index (κ1) is 19.8. The standard InChI is InChI=1S/C20H23NO4S/c1-5-21(15-9-7-6-8-10-15)19(22)14(2)25-20(23)17-12-11-16(26-4)13-18(17)24-3/h6-14H,5H2,1-4H3/t14-/m1/s1. The van der Waals surface area contributed by atoms with Gasteiger partial charge in [-0.15, -0.1) is 11.8 Å². The first-order valence-corrected chi connectivity index (χ1v) is 9.53. The zero-order valence-corrected chi connectivity index (χ0v) is 16.2. The highest BCUT2D eigenvalue weighted by Gasteiger charge is 2.25. The van der Waals surface area contributed by atoms with Gasteiger partial charge in [0.1, 0.15) is 11.3 Å². The van der Waals surface area contributed by atoms with Crippen LogP contribution < -0.4 is 9.64 Å². The highest BCUT2D eigenvalue weighted by molar-refractivity contribution is 7.98. The molecule has 6 heteroatoms. The van der Waals surface area contributed by atoms with E-state index in [0.29, 0.717) is 17.9 Å². The molecule has 0 aliphatic rings. The number of hydrogen-bond donors (Lipinski definition) is 0. The lowest BCUT2D eigenvalue weighted by molar-refractivity contribution is -0.126. The molecule has 0 aliphatic carbocycles. The molecule has 0 unspecified atom stereocenters. The number of likely N-dealkylation sites (N-methyl/N-ethyl adjacent to an activating group) is 1. The van der Waals surface area contributed by atoms with Gasteiger partial charge in [-0.2, -0.15) is 0 Å². The number of para-hydroxylation sites is 1. The first-order valence-electron chi connectivity index (χ1n) is 8.31. The molecule has 0 heterocycles. The maximum atomic E-state index is 12.7. The second kappa shape index (κ2) is 9.29. The van der Waals surface area contributed by atoms with Crippen molar-refractivity contribution in [1.82, 2.24) is 0 Å². The second-order valence-corrected chi connectivity index (χ2v) is 6.41. The van der Waals surface area contributed by atoms with Gasteiger partial charge in [-0.1, -0.05) is 18.2 Å². The molecule has 2 aromatic carbocycles. The number of anilines is 1. The molecule has 0 fully saturated rings. The lowest BCUT2D eigenvalue weighted by atomic mass is 10.2. The number of hydrogen-bond acceptors (Lipinski definition) is 5. The zero-order chi connectivity index (χ0) is 19.1. The third kappa shape index (κ3) is 4.58. The molecule has 5 nitrogen and oxygen atoms in total.